The fourth-order valence-electron chi connectivity index (χ4n) is 1.71. The molecule has 0 amide bonds. The second kappa shape index (κ2) is 11.7. The Bertz CT molecular complexity index is 344. The summed E-state index contributed by atoms with van der Waals surface area (Å²) in [4.78, 5) is 0. The van der Waals surface area contributed by atoms with Crippen LogP contribution in [0.2, 0.25) is 0 Å². The standard InChI is InChI=1S/C16H27NO3/c1-3-4-10-19-11-8-17-9-12-20-14-15-6-5-7-16(13-15)18-2/h5-7,13,17H,3-4,8-12,14H2,1-2H3. The minimum absolute atomic E-state index is 0.617. The lowest BCUT2D eigenvalue weighted by molar-refractivity contribution is 0.112. The van der Waals surface area contributed by atoms with E-state index in [1.54, 1.807) is 7.11 Å². The number of unbranched alkanes of at least 4 members (excludes halogenated alkanes) is 1. The Morgan fingerprint density at radius 2 is 1.85 bits per heavy atom. The highest BCUT2D eigenvalue weighted by Gasteiger charge is 1.96. The van der Waals surface area contributed by atoms with Crippen molar-refractivity contribution < 1.29 is 14.2 Å². The van der Waals surface area contributed by atoms with E-state index in [0.717, 1.165) is 44.0 Å². The Labute approximate surface area is 122 Å². The summed E-state index contributed by atoms with van der Waals surface area (Å²) in [5.41, 5.74) is 1.13. The average Bonchev–Trinajstić information content (AvgIpc) is 2.49. The monoisotopic (exact) mass is 281 g/mol. The van der Waals surface area contributed by atoms with Gasteiger partial charge in [0.15, 0.2) is 0 Å². The van der Waals surface area contributed by atoms with Crippen molar-refractivity contribution in [2.75, 3.05) is 40.0 Å². The molecular weight excluding hydrogens is 254 g/mol. The van der Waals surface area contributed by atoms with E-state index < -0.39 is 0 Å². The first-order valence-corrected chi connectivity index (χ1v) is 7.36. The van der Waals surface area contributed by atoms with Gasteiger partial charge in [-0.2, -0.15) is 0 Å². The molecule has 0 saturated carbocycles. The Hall–Kier alpha value is -1.10. The van der Waals surface area contributed by atoms with Gasteiger partial charge in [0.25, 0.3) is 0 Å². The normalized spacial score (nSPS) is 10.7. The molecule has 0 radical (unpaired) electrons. The van der Waals surface area contributed by atoms with Crippen LogP contribution < -0.4 is 10.1 Å². The van der Waals surface area contributed by atoms with Crippen molar-refractivity contribution in [3.8, 4) is 5.75 Å². The lowest BCUT2D eigenvalue weighted by Gasteiger charge is -2.08. The van der Waals surface area contributed by atoms with Crippen LogP contribution in [-0.2, 0) is 16.1 Å². The lowest BCUT2D eigenvalue weighted by atomic mass is 10.2. The molecule has 0 bridgehead atoms. The highest BCUT2D eigenvalue weighted by Crippen LogP contribution is 2.12. The summed E-state index contributed by atoms with van der Waals surface area (Å²) in [6, 6.07) is 7.94. The van der Waals surface area contributed by atoms with Gasteiger partial charge >= 0.3 is 0 Å². The van der Waals surface area contributed by atoms with Crippen molar-refractivity contribution in [1.82, 2.24) is 5.32 Å². The summed E-state index contributed by atoms with van der Waals surface area (Å²) in [6.07, 6.45) is 2.33. The first kappa shape index (κ1) is 17.0. The SMILES string of the molecule is CCCCOCCNCCOCc1cccc(OC)c1. The molecule has 0 unspecified atom stereocenters. The van der Waals surface area contributed by atoms with E-state index in [1.807, 2.05) is 24.3 Å². The van der Waals surface area contributed by atoms with E-state index in [1.165, 1.54) is 6.42 Å². The topological polar surface area (TPSA) is 39.7 Å². The summed E-state index contributed by atoms with van der Waals surface area (Å²) in [5.74, 6) is 0.869. The minimum atomic E-state index is 0.617. The molecule has 114 valence electrons. The summed E-state index contributed by atoms with van der Waals surface area (Å²) in [7, 11) is 1.67. The summed E-state index contributed by atoms with van der Waals surface area (Å²) in [5, 5.41) is 3.30. The maximum absolute atomic E-state index is 5.61. The summed E-state index contributed by atoms with van der Waals surface area (Å²) >= 11 is 0. The van der Waals surface area contributed by atoms with E-state index >= 15 is 0 Å². The third-order valence-electron chi connectivity index (χ3n) is 2.89. The first-order chi connectivity index (χ1) is 9.86. The van der Waals surface area contributed by atoms with Crippen molar-refractivity contribution in [1.29, 1.82) is 0 Å². The molecule has 0 heterocycles. The van der Waals surface area contributed by atoms with Crippen LogP contribution in [0.25, 0.3) is 0 Å². The van der Waals surface area contributed by atoms with Crippen LogP contribution in [-0.4, -0.2) is 40.0 Å². The van der Waals surface area contributed by atoms with Crippen LogP contribution >= 0.6 is 0 Å². The Kier molecular flexibility index (Phi) is 9.92. The molecule has 1 rings (SSSR count). The van der Waals surface area contributed by atoms with Gasteiger partial charge in [-0.3, -0.25) is 0 Å². The number of hydrogen-bond acceptors (Lipinski definition) is 4. The largest absolute Gasteiger partial charge is 0.497 e. The molecule has 0 aliphatic rings. The fraction of sp³-hybridized carbons (Fsp3) is 0.625. The number of ether oxygens (including phenoxy) is 3. The first-order valence-electron chi connectivity index (χ1n) is 7.36. The van der Waals surface area contributed by atoms with E-state index in [-0.39, 0.29) is 0 Å². The molecule has 0 atom stereocenters. The Balaban J connectivity index is 1.94. The van der Waals surface area contributed by atoms with Crippen LogP contribution in [0.3, 0.4) is 0 Å². The van der Waals surface area contributed by atoms with Gasteiger partial charge in [-0.25, -0.2) is 0 Å². The second-order valence-corrected chi connectivity index (χ2v) is 4.62. The maximum atomic E-state index is 5.61. The fourth-order valence-corrected chi connectivity index (χ4v) is 1.71. The Morgan fingerprint density at radius 3 is 2.60 bits per heavy atom. The zero-order valence-corrected chi connectivity index (χ0v) is 12.7. The van der Waals surface area contributed by atoms with E-state index in [9.17, 15) is 0 Å². The number of hydrogen-bond donors (Lipinski definition) is 1. The molecule has 1 N–H and O–H groups in total. The quantitative estimate of drug-likeness (QED) is 0.598. The molecule has 0 aromatic heterocycles. The Morgan fingerprint density at radius 1 is 1.05 bits per heavy atom. The van der Waals surface area contributed by atoms with Gasteiger partial charge in [-0.1, -0.05) is 25.5 Å². The van der Waals surface area contributed by atoms with Crippen LogP contribution in [0.1, 0.15) is 25.3 Å². The number of nitrogens with one attached hydrogen (secondary N) is 1. The summed E-state index contributed by atoms with van der Waals surface area (Å²) in [6.45, 7) is 6.85. The predicted octanol–water partition coefficient (Wildman–Crippen LogP) is 2.62. The molecule has 4 nitrogen and oxygen atoms in total. The third-order valence-corrected chi connectivity index (χ3v) is 2.89. The molecule has 1 aromatic carbocycles. The molecule has 0 aliphatic heterocycles. The molecule has 1 aromatic rings. The average molecular weight is 281 g/mol. The van der Waals surface area contributed by atoms with Crippen LogP contribution in [0, 0.1) is 0 Å². The summed E-state index contributed by atoms with van der Waals surface area (Å²) < 4.78 is 16.2. The van der Waals surface area contributed by atoms with Crippen molar-refractivity contribution in [2.45, 2.75) is 26.4 Å². The van der Waals surface area contributed by atoms with Crippen molar-refractivity contribution >= 4 is 0 Å². The third kappa shape index (κ3) is 8.15. The number of rotatable bonds is 12. The lowest BCUT2D eigenvalue weighted by Crippen LogP contribution is -2.24. The van der Waals surface area contributed by atoms with Crippen LogP contribution in [0.15, 0.2) is 24.3 Å². The number of methoxy groups -OCH3 is 1. The van der Waals surface area contributed by atoms with Crippen molar-refractivity contribution in [3.63, 3.8) is 0 Å². The van der Waals surface area contributed by atoms with Gasteiger partial charge in [0.2, 0.25) is 0 Å². The van der Waals surface area contributed by atoms with Crippen molar-refractivity contribution in [2.24, 2.45) is 0 Å². The zero-order chi connectivity index (χ0) is 14.5. The molecule has 4 heteroatoms. The maximum Gasteiger partial charge on any atom is 0.119 e. The highest BCUT2D eigenvalue weighted by molar-refractivity contribution is 5.27. The van der Waals surface area contributed by atoms with E-state index in [4.69, 9.17) is 14.2 Å². The van der Waals surface area contributed by atoms with E-state index in [2.05, 4.69) is 12.2 Å². The van der Waals surface area contributed by atoms with Gasteiger partial charge in [-0.15, -0.1) is 0 Å². The van der Waals surface area contributed by atoms with Gasteiger partial charge in [-0.05, 0) is 24.1 Å². The van der Waals surface area contributed by atoms with Crippen molar-refractivity contribution in [3.05, 3.63) is 29.8 Å². The molecule has 20 heavy (non-hydrogen) atoms. The second-order valence-electron chi connectivity index (χ2n) is 4.62. The minimum Gasteiger partial charge on any atom is -0.497 e. The molecule has 0 fully saturated rings. The predicted molar refractivity (Wildman–Crippen MR) is 81.2 cm³/mol. The number of benzene rings is 1. The molecular formula is C16H27NO3. The smallest absolute Gasteiger partial charge is 0.119 e. The van der Waals surface area contributed by atoms with E-state index in [0.29, 0.717) is 13.2 Å². The zero-order valence-electron chi connectivity index (χ0n) is 12.7. The van der Waals surface area contributed by atoms with Gasteiger partial charge < -0.3 is 19.5 Å². The molecule has 0 spiro atoms. The van der Waals surface area contributed by atoms with Crippen LogP contribution in [0.5, 0.6) is 5.75 Å². The van der Waals surface area contributed by atoms with Crippen LogP contribution in [0.4, 0.5) is 0 Å². The highest BCUT2D eigenvalue weighted by atomic mass is 16.5. The molecule has 0 aliphatic carbocycles. The molecule has 0 saturated heterocycles. The van der Waals surface area contributed by atoms with Gasteiger partial charge in [0.1, 0.15) is 5.75 Å². The van der Waals surface area contributed by atoms with Gasteiger partial charge in [0, 0.05) is 19.7 Å². The van der Waals surface area contributed by atoms with Gasteiger partial charge in [0.05, 0.1) is 26.9 Å².